The molecule has 3 N–H and O–H groups in total. The fraction of sp³-hybridized carbons (Fsp3) is 0.188. The zero-order valence-corrected chi connectivity index (χ0v) is 11.6. The first kappa shape index (κ1) is 14.7. The van der Waals surface area contributed by atoms with E-state index in [0.717, 1.165) is 11.1 Å². The molecule has 0 saturated heterocycles. The van der Waals surface area contributed by atoms with E-state index >= 15 is 0 Å². The first-order valence-corrected chi connectivity index (χ1v) is 6.70. The van der Waals surface area contributed by atoms with E-state index in [0.29, 0.717) is 19.4 Å². The lowest BCUT2D eigenvalue weighted by Crippen LogP contribution is -2.27. The van der Waals surface area contributed by atoms with Gasteiger partial charge in [-0.3, -0.25) is 14.6 Å². The fourth-order valence-corrected chi connectivity index (χ4v) is 1.95. The lowest BCUT2D eigenvalue weighted by atomic mass is 10.1. The van der Waals surface area contributed by atoms with E-state index in [2.05, 4.69) is 10.3 Å². The van der Waals surface area contributed by atoms with Gasteiger partial charge in [0.2, 0.25) is 5.91 Å². The van der Waals surface area contributed by atoms with Gasteiger partial charge in [0.25, 0.3) is 5.91 Å². The molecule has 108 valence electrons. The smallest absolute Gasteiger partial charge is 0.267 e. The topological polar surface area (TPSA) is 85.1 Å². The number of hydrogen-bond acceptors (Lipinski definition) is 3. The number of amides is 2. The zero-order chi connectivity index (χ0) is 15.1. The number of aromatic nitrogens is 1. The van der Waals surface area contributed by atoms with Gasteiger partial charge in [-0.05, 0) is 29.7 Å². The number of rotatable bonds is 6. The normalized spacial score (nSPS) is 10.1. The van der Waals surface area contributed by atoms with Crippen molar-refractivity contribution in [2.45, 2.75) is 12.8 Å². The van der Waals surface area contributed by atoms with Crippen LogP contribution in [0.5, 0.6) is 0 Å². The summed E-state index contributed by atoms with van der Waals surface area (Å²) in [6.07, 6.45) is 2.54. The van der Waals surface area contributed by atoms with Gasteiger partial charge in [-0.2, -0.15) is 0 Å². The second-order valence-corrected chi connectivity index (χ2v) is 4.68. The number of benzene rings is 1. The Hall–Kier alpha value is -2.69. The van der Waals surface area contributed by atoms with Crippen LogP contribution in [0.1, 0.15) is 21.6 Å². The van der Waals surface area contributed by atoms with E-state index in [9.17, 15) is 9.59 Å². The molecule has 0 saturated carbocycles. The van der Waals surface area contributed by atoms with Crippen LogP contribution in [0.25, 0.3) is 0 Å². The van der Waals surface area contributed by atoms with Gasteiger partial charge >= 0.3 is 0 Å². The molecule has 0 atom stereocenters. The molecule has 0 radical (unpaired) electrons. The van der Waals surface area contributed by atoms with Gasteiger partial charge in [0, 0.05) is 12.7 Å². The van der Waals surface area contributed by atoms with E-state index in [1.807, 2.05) is 30.3 Å². The number of nitrogens with zero attached hydrogens (tertiary/aromatic N) is 1. The quantitative estimate of drug-likeness (QED) is 0.832. The summed E-state index contributed by atoms with van der Waals surface area (Å²) in [6.45, 7) is 0.508. The second kappa shape index (κ2) is 7.19. The summed E-state index contributed by atoms with van der Waals surface area (Å²) in [5.74, 6) is -0.574. The molecule has 0 unspecified atom stereocenters. The fourth-order valence-electron chi connectivity index (χ4n) is 1.95. The first-order valence-electron chi connectivity index (χ1n) is 6.70. The molecule has 2 rings (SSSR count). The number of pyridine rings is 1. The first-order chi connectivity index (χ1) is 10.1. The molecular weight excluding hydrogens is 266 g/mol. The van der Waals surface area contributed by atoms with Crippen LogP contribution >= 0.6 is 0 Å². The number of primary amides is 1. The Balaban J connectivity index is 1.80. The molecule has 2 amide bonds. The van der Waals surface area contributed by atoms with Crippen LogP contribution in [0.3, 0.4) is 0 Å². The Kier molecular flexibility index (Phi) is 5.04. The molecule has 1 heterocycles. The van der Waals surface area contributed by atoms with Crippen LogP contribution < -0.4 is 11.1 Å². The Bertz CT molecular complexity index is 626. The number of nitrogens with two attached hydrogens (primary N) is 1. The van der Waals surface area contributed by atoms with E-state index in [1.165, 1.54) is 0 Å². The van der Waals surface area contributed by atoms with Crippen LogP contribution in [0.15, 0.2) is 48.7 Å². The minimum absolute atomic E-state index is 0.0228. The van der Waals surface area contributed by atoms with Crippen molar-refractivity contribution >= 4 is 11.8 Å². The van der Waals surface area contributed by atoms with Gasteiger partial charge in [-0.25, -0.2) is 0 Å². The van der Waals surface area contributed by atoms with Crippen molar-refractivity contribution in [1.82, 2.24) is 10.3 Å². The summed E-state index contributed by atoms with van der Waals surface area (Å²) in [7, 11) is 0. The highest BCUT2D eigenvalue weighted by Gasteiger charge is 2.05. The SMILES string of the molecule is NC(=O)c1cc(CCNC(=O)Cc2ccccc2)ccn1. The number of carbonyl (C=O) groups excluding carboxylic acids is 2. The van der Waals surface area contributed by atoms with Crippen molar-refractivity contribution in [3.8, 4) is 0 Å². The molecule has 0 fully saturated rings. The minimum atomic E-state index is -0.551. The van der Waals surface area contributed by atoms with Crippen molar-refractivity contribution in [1.29, 1.82) is 0 Å². The summed E-state index contributed by atoms with van der Waals surface area (Å²) >= 11 is 0. The molecular formula is C16H17N3O2. The van der Waals surface area contributed by atoms with Gasteiger partial charge in [0.1, 0.15) is 5.69 Å². The largest absolute Gasteiger partial charge is 0.364 e. The lowest BCUT2D eigenvalue weighted by Gasteiger charge is -2.06. The molecule has 5 nitrogen and oxygen atoms in total. The van der Waals surface area contributed by atoms with E-state index in [-0.39, 0.29) is 11.6 Å². The Morgan fingerprint density at radius 2 is 1.86 bits per heavy atom. The average Bonchev–Trinajstić information content (AvgIpc) is 2.48. The zero-order valence-electron chi connectivity index (χ0n) is 11.6. The summed E-state index contributed by atoms with van der Waals surface area (Å²) < 4.78 is 0. The van der Waals surface area contributed by atoms with E-state index < -0.39 is 5.91 Å². The third-order valence-corrected chi connectivity index (χ3v) is 3.02. The molecule has 0 spiro atoms. The molecule has 0 aliphatic heterocycles. The van der Waals surface area contributed by atoms with Crippen molar-refractivity contribution in [3.05, 3.63) is 65.5 Å². The Morgan fingerprint density at radius 3 is 2.57 bits per heavy atom. The van der Waals surface area contributed by atoms with Gasteiger partial charge < -0.3 is 11.1 Å². The van der Waals surface area contributed by atoms with Gasteiger partial charge in [0.05, 0.1) is 6.42 Å². The lowest BCUT2D eigenvalue weighted by molar-refractivity contribution is -0.120. The number of carbonyl (C=O) groups is 2. The molecule has 1 aromatic heterocycles. The summed E-state index contributed by atoms with van der Waals surface area (Å²) in [5, 5.41) is 2.85. The van der Waals surface area contributed by atoms with Gasteiger partial charge in [0.15, 0.2) is 0 Å². The van der Waals surface area contributed by atoms with Gasteiger partial charge in [-0.1, -0.05) is 30.3 Å². The summed E-state index contributed by atoms with van der Waals surface area (Å²) in [5.41, 5.74) is 7.31. The van der Waals surface area contributed by atoms with Crippen LogP contribution in [-0.4, -0.2) is 23.3 Å². The molecule has 0 bridgehead atoms. The maximum atomic E-state index is 11.8. The van der Waals surface area contributed by atoms with Crippen molar-refractivity contribution in [3.63, 3.8) is 0 Å². The standard InChI is InChI=1S/C16H17N3O2/c17-16(21)14-10-13(6-8-18-14)7-9-19-15(20)11-12-4-2-1-3-5-12/h1-6,8,10H,7,9,11H2,(H2,17,21)(H,19,20). The molecule has 1 aromatic carbocycles. The molecule has 0 aliphatic rings. The van der Waals surface area contributed by atoms with E-state index in [1.54, 1.807) is 18.3 Å². The van der Waals surface area contributed by atoms with Crippen LogP contribution in [-0.2, 0) is 17.6 Å². The number of hydrogen-bond donors (Lipinski definition) is 2. The maximum Gasteiger partial charge on any atom is 0.267 e. The highest BCUT2D eigenvalue weighted by molar-refractivity contribution is 5.90. The van der Waals surface area contributed by atoms with Crippen LogP contribution in [0, 0.1) is 0 Å². The Morgan fingerprint density at radius 1 is 1.10 bits per heavy atom. The second-order valence-electron chi connectivity index (χ2n) is 4.68. The predicted octanol–water partition coefficient (Wildman–Crippen LogP) is 1.08. The molecule has 2 aromatic rings. The maximum absolute atomic E-state index is 11.8. The van der Waals surface area contributed by atoms with Crippen molar-refractivity contribution < 1.29 is 9.59 Å². The molecule has 0 aliphatic carbocycles. The highest BCUT2D eigenvalue weighted by Crippen LogP contribution is 2.02. The summed E-state index contributed by atoms with van der Waals surface area (Å²) in [4.78, 5) is 26.7. The van der Waals surface area contributed by atoms with Crippen molar-refractivity contribution in [2.24, 2.45) is 5.73 Å². The average molecular weight is 283 g/mol. The Labute approximate surface area is 123 Å². The third-order valence-electron chi connectivity index (χ3n) is 3.02. The van der Waals surface area contributed by atoms with Crippen LogP contribution in [0.4, 0.5) is 0 Å². The molecule has 5 heteroatoms. The van der Waals surface area contributed by atoms with Crippen LogP contribution in [0.2, 0.25) is 0 Å². The monoisotopic (exact) mass is 283 g/mol. The van der Waals surface area contributed by atoms with E-state index in [4.69, 9.17) is 5.73 Å². The molecule has 21 heavy (non-hydrogen) atoms. The minimum Gasteiger partial charge on any atom is -0.364 e. The number of nitrogens with one attached hydrogen (secondary N) is 1. The highest BCUT2D eigenvalue weighted by atomic mass is 16.2. The van der Waals surface area contributed by atoms with Crippen molar-refractivity contribution in [2.75, 3.05) is 6.54 Å². The van der Waals surface area contributed by atoms with Gasteiger partial charge in [-0.15, -0.1) is 0 Å². The predicted molar refractivity (Wildman–Crippen MR) is 79.6 cm³/mol. The third kappa shape index (κ3) is 4.72. The summed E-state index contributed by atoms with van der Waals surface area (Å²) in [6, 6.07) is 13.0.